The van der Waals surface area contributed by atoms with E-state index in [1.165, 1.54) is 6.20 Å². The predicted octanol–water partition coefficient (Wildman–Crippen LogP) is -0.823. The summed E-state index contributed by atoms with van der Waals surface area (Å²) in [5.41, 5.74) is -0.403. The molecule has 0 amide bonds. The standard InChI is InChI=1S/C8H9N3O2/c12-6-2-1-4-9-7-3-5-10-8(13)11-7/h3,5,12H,4,6H2,(H2,9,10,11,13). The summed E-state index contributed by atoms with van der Waals surface area (Å²) in [6.07, 6.45) is 1.40. The van der Waals surface area contributed by atoms with Crippen LogP contribution >= 0.6 is 0 Å². The van der Waals surface area contributed by atoms with Crippen LogP contribution in [0, 0.1) is 11.8 Å². The van der Waals surface area contributed by atoms with Crippen LogP contribution in [-0.4, -0.2) is 28.2 Å². The topological polar surface area (TPSA) is 78.0 Å². The van der Waals surface area contributed by atoms with Crippen molar-refractivity contribution in [3.05, 3.63) is 22.7 Å². The Hall–Kier alpha value is -1.80. The quantitative estimate of drug-likeness (QED) is 0.518. The molecule has 0 atom stereocenters. The van der Waals surface area contributed by atoms with Crippen LogP contribution in [0.3, 0.4) is 0 Å². The fraction of sp³-hybridized carbons (Fsp3) is 0.250. The van der Waals surface area contributed by atoms with E-state index >= 15 is 0 Å². The highest BCUT2D eigenvalue weighted by atomic mass is 16.2. The summed E-state index contributed by atoms with van der Waals surface area (Å²) in [5.74, 6) is 5.68. The number of nitrogens with zero attached hydrogens (tertiary/aromatic N) is 1. The van der Waals surface area contributed by atoms with Gasteiger partial charge in [0.2, 0.25) is 0 Å². The molecular formula is C8H9N3O2. The average molecular weight is 179 g/mol. The number of aromatic amines is 1. The van der Waals surface area contributed by atoms with E-state index in [0.717, 1.165) is 0 Å². The molecule has 1 aromatic heterocycles. The van der Waals surface area contributed by atoms with Gasteiger partial charge in [-0.1, -0.05) is 11.8 Å². The number of aliphatic hydroxyl groups is 1. The predicted molar refractivity (Wildman–Crippen MR) is 48.2 cm³/mol. The number of hydrogen-bond donors (Lipinski definition) is 3. The third-order valence-electron chi connectivity index (χ3n) is 1.25. The molecule has 0 fully saturated rings. The minimum Gasteiger partial charge on any atom is -0.384 e. The molecule has 13 heavy (non-hydrogen) atoms. The van der Waals surface area contributed by atoms with Gasteiger partial charge in [-0.05, 0) is 6.07 Å². The maximum Gasteiger partial charge on any atom is 0.346 e. The van der Waals surface area contributed by atoms with Crippen molar-refractivity contribution in [1.82, 2.24) is 9.97 Å². The molecule has 68 valence electrons. The Kier molecular flexibility index (Phi) is 3.54. The SMILES string of the molecule is O=c1nccc(NCC#CCO)[nH]1. The molecule has 0 radical (unpaired) electrons. The van der Waals surface area contributed by atoms with Crippen LogP contribution in [0.25, 0.3) is 0 Å². The van der Waals surface area contributed by atoms with E-state index in [2.05, 4.69) is 27.1 Å². The summed E-state index contributed by atoms with van der Waals surface area (Å²) in [7, 11) is 0. The van der Waals surface area contributed by atoms with Gasteiger partial charge in [0.05, 0.1) is 6.54 Å². The van der Waals surface area contributed by atoms with Crippen molar-refractivity contribution in [3.8, 4) is 11.8 Å². The molecule has 0 aliphatic carbocycles. The lowest BCUT2D eigenvalue weighted by Crippen LogP contribution is -2.12. The largest absolute Gasteiger partial charge is 0.384 e. The number of H-pyrrole nitrogens is 1. The van der Waals surface area contributed by atoms with E-state index in [1.807, 2.05) is 0 Å². The molecule has 5 nitrogen and oxygen atoms in total. The zero-order chi connectivity index (χ0) is 9.52. The minimum absolute atomic E-state index is 0.158. The Morgan fingerprint density at radius 2 is 2.46 bits per heavy atom. The lowest BCUT2D eigenvalue weighted by Gasteiger charge is -1.98. The van der Waals surface area contributed by atoms with Gasteiger partial charge in [-0.3, -0.25) is 4.98 Å². The smallest absolute Gasteiger partial charge is 0.346 e. The number of hydrogen-bond acceptors (Lipinski definition) is 4. The first-order valence-corrected chi connectivity index (χ1v) is 3.68. The summed E-state index contributed by atoms with van der Waals surface area (Å²) < 4.78 is 0. The number of anilines is 1. The van der Waals surface area contributed by atoms with Gasteiger partial charge in [0.25, 0.3) is 0 Å². The zero-order valence-corrected chi connectivity index (χ0v) is 6.87. The third kappa shape index (κ3) is 3.40. The number of aromatic nitrogens is 2. The highest BCUT2D eigenvalue weighted by Crippen LogP contribution is 1.93. The van der Waals surface area contributed by atoms with Gasteiger partial charge >= 0.3 is 5.69 Å². The van der Waals surface area contributed by atoms with Crippen LogP contribution in [0.15, 0.2) is 17.1 Å². The van der Waals surface area contributed by atoms with Crippen LogP contribution in [0.4, 0.5) is 5.82 Å². The molecule has 1 rings (SSSR count). The maximum atomic E-state index is 10.7. The number of nitrogens with one attached hydrogen (secondary N) is 2. The van der Waals surface area contributed by atoms with Crippen molar-refractivity contribution in [2.24, 2.45) is 0 Å². The molecule has 0 saturated carbocycles. The molecule has 5 heteroatoms. The first kappa shape index (κ1) is 9.29. The maximum absolute atomic E-state index is 10.7. The van der Waals surface area contributed by atoms with Gasteiger partial charge in [0.1, 0.15) is 12.4 Å². The summed E-state index contributed by atoms with van der Waals surface area (Å²) in [5, 5.41) is 11.2. The summed E-state index contributed by atoms with van der Waals surface area (Å²) in [6, 6.07) is 1.63. The Morgan fingerprint density at radius 3 is 3.15 bits per heavy atom. The Bertz CT molecular complexity index is 375. The highest BCUT2D eigenvalue weighted by molar-refractivity contribution is 5.33. The van der Waals surface area contributed by atoms with Crippen LogP contribution in [0.2, 0.25) is 0 Å². The van der Waals surface area contributed by atoms with E-state index in [9.17, 15) is 4.79 Å². The monoisotopic (exact) mass is 179 g/mol. The van der Waals surface area contributed by atoms with Crippen LogP contribution < -0.4 is 11.0 Å². The van der Waals surface area contributed by atoms with Gasteiger partial charge in [-0.15, -0.1) is 0 Å². The second-order valence-electron chi connectivity index (χ2n) is 2.15. The van der Waals surface area contributed by atoms with Crippen molar-refractivity contribution in [2.75, 3.05) is 18.5 Å². The van der Waals surface area contributed by atoms with Crippen molar-refractivity contribution in [2.45, 2.75) is 0 Å². The van der Waals surface area contributed by atoms with Crippen LogP contribution in [-0.2, 0) is 0 Å². The molecule has 0 saturated heterocycles. The van der Waals surface area contributed by atoms with E-state index in [4.69, 9.17) is 5.11 Å². The fourth-order valence-electron chi connectivity index (χ4n) is 0.730. The minimum atomic E-state index is -0.403. The van der Waals surface area contributed by atoms with Gasteiger partial charge < -0.3 is 10.4 Å². The fourth-order valence-corrected chi connectivity index (χ4v) is 0.730. The third-order valence-corrected chi connectivity index (χ3v) is 1.25. The molecule has 0 aliphatic heterocycles. The molecule has 0 bridgehead atoms. The first-order valence-electron chi connectivity index (χ1n) is 3.68. The first-order chi connectivity index (χ1) is 6.33. The number of rotatable bonds is 2. The molecule has 0 unspecified atom stereocenters. The van der Waals surface area contributed by atoms with E-state index in [0.29, 0.717) is 12.4 Å². The average Bonchev–Trinajstić information content (AvgIpc) is 2.13. The second-order valence-corrected chi connectivity index (χ2v) is 2.15. The molecule has 0 aliphatic rings. The Labute approximate surface area is 74.8 Å². The summed E-state index contributed by atoms with van der Waals surface area (Å²) >= 11 is 0. The molecule has 3 N–H and O–H groups in total. The Morgan fingerprint density at radius 1 is 1.62 bits per heavy atom. The van der Waals surface area contributed by atoms with Gasteiger partial charge in [-0.2, -0.15) is 0 Å². The summed E-state index contributed by atoms with van der Waals surface area (Å²) in [6.45, 7) is 0.217. The van der Waals surface area contributed by atoms with Gasteiger partial charge in [0.15, 0.2) is 0 Å². The van der Waals surface area contributed by atoms with Crippen LogP contribution in [0.5, 0.6) is 0 Å². The highest BCUT2D eigenvalue weighted by Gasteiger charge is 1.88. The van der Waals surface area contributed by atoms with E-state index < -0.39 is 5.69 Å². The van der Waals surface area contributed by atoms with Crippen LogP contribution in [0.1, 0.15) is 0 Å². The van der Waals surface area contributed by atoms with E-state index in [-0.39, 0.29) is 6.61 Å². The number of aliphatic hydroxyl groups excluding tert-OH is 1. The second kappa shape index (κ2) is 4.95. The van der Waals surface area contributed by atoms with E-state index in [1.54, 1.807) is 6.07 Å². The van der Waals surface area contributed by atoms with Crippen molar-refractivity contribution < 1.29 is 5.11 Å². The lowest BCUT2D eigenvalue weighted by atomic mass is 10.5. The molecular weight excluding hydrogens is 170 g/mol. The van der Waals surface area contributed by atoms with Crippen molar-refractivity contribution in [1.29, 1.82) is 0 Å². The molecule has 1 aromatic rings. The van der Waals surface area contributed by atoms with Gasteiger partial charge in [0, 0.05) is 6.20 Å². The molecule has 0 aromatic carbocycles. The zero-order valence-electron chi connectivity index (χ0n) is 6.87. The molecule has 0 spiro atoms. The van der Waals surface area contributed by atoms with Crippen molar-refractivity contribution in [3.63, 3.8) is 0 Å². The summed E-state index contributed by atoms with van der Waals surface area (Å²) in [4.78, 5) is 16.6. The molecule has 1 heterocycles. The Balaban J connectivity index is 2.50. The lowest BCUT2D eigenvalue weighted by molar-refractivity contribution is 0.350. The van der Waals surface area contributed by atoms with Crippen molar-refractivity contribution >= 4 is 5.82 Å². The van der Waals surface area contributed by atoms with Gasteiger partial charge in [-0.25, -0.2) is 9.78 Å². The normalized spacial score (nSPS) is 8.69.